The van der Waals surface area contributed by atoms with Crippen molar-refractivity contribution in [2.24, 2.45) is 0 Å². The number of anilines is 1. The maximum atomic E-state index is 12.3. The molecule has 0 unspecified atom stereocenters. The second-order valence-electron chi connectivity index (χ2n) is 2.51. The average Bonchev–Trinajstić information content (AvgIpc) is 2.04. The van der Waals surface area contributed by atoms with E-state index in [4.69, 9.17) is 11.0 Å². The third-order valence-corrected chi connectivity index (χ3v) is 1.71. The molecule has 0 saturated heterocycles. The number of pyridine rings is 1. The van der Waals surface area contributed by atoms with Crippen LogP contribution in [0.5, 0.6) is 0 Å². The van der Waals surface area contributed by atoms with Gasteiger partial charge in [-0.05, 0) is 12.5 Å². The number of nitrogens with two attached hydrogens (primary N) is 1. The molecular formula is C8H7F2N3. The SMILES string of the molecule is Cc1c(C(F)F)ncc(N)c1C#N. The van der Waals surface area contributed by atoms with Crippen LogP contribution in [0.2, 0.25) is 0 Å². The van der Waals surface area contributed by atoms with Gasteiger partial charge in [-0.15, -0.1) is 0 Å². The summed E-state index contributed by atoms with van der Waals surface area (Å²) in [5, 5.41) is 8.60. The Morgan fingerprint density at radius 3 is 2.69 bits per heavy atom. The van der Waals surface area contributed by atoms with Crippen LogP contribution in [0.25, 0.3) is 0 Å². The lowest BCUT2D eigenvalue weighted by Gasteiger charge is -2.06. The van der Waals surface area contributed by atoms with Gasteiger partial charge in [-0.3, -0.25) is 4.98 Å². The molecule has 68 valence electrons. The second-order valence-corrected chi connectivity index (χ2v) is 2.51. The first kappa shape index (κ1) is 9.39. The Hall–Kier alpha value is -1.70. The molecule has 1 heterocycles. The van der Waals surface area contributed by atoms with Gasteiger partial charge in [0.15, 0.2) is 0 Å². The Labute approximate surface area is 73.8 Å². The second kappa shape index (κ2) is 3.35. The number of hydrogen-bond acceptors (Lipinski definition) is 3. The Morgan fingerprint density at radius 2 is 2.23 bits per heavy atom. The van der Waals surface area contributed by atoms with E-state index in [2.05, 4.69) is 4.98 Å². The largest absolute Gasteiger partial charge is 0.396 e. The zero-order valence-corrected chi connectivity index (χ0v) is 6.88. The highest BCUT2D eigenvalue weighted by Crippen LogP contribution is 2.24. The number of alkyl halides is 2. The Balaban J connectivity index is 3.38. The normalized spacial score (nSPS) is 10.1. The van der Waals surface area contributed by atoms with Gasteiger partial charge < -0.3 is 5.73 Å². The van der Waals surface area contributed by atoms with Crippen LogP contribution < -0.4 is 5.73 Å². The summed E-state index contributed by atoms with van der Waals surface area (Å²) in [6, 6.07) is 1.76. The van der Waals surface area contributed by atoms with Gasteiger partial charge in [0.2, 0.25) is 0 Å². The van der Waals surface area contributed by atoms with Gasteiger partial charge in [0.25, 0.3) is 6.43 Å². The molecule has 0 saturated carbocycles. The molecule has 0 atom stereocenters. The van der Waals surface area contributed by atoms with Crippen molar-refractivity contribution < 1.29 is 8.78 Å². The van der Waals surface area contributed by atoms with E-state index in [1.807, 2.05) is 0 Å². The van der Waals surface area contributed by atoms with Crippen LogP contribution in [0.15, 0.2) is 6.20 Å². The fourth-order valence-corrected chi connectivity index (χ4v) is 1.01. The summed E-state index contributed by atoms with van der Waals surface area (Å²) in [7, 11) is 0. The molecule has 13 heavy (non-hydrogen) atoms. The Kier molecular flexibility index (Phi) is 2.42. The van der Waals surface area contributed by atoms with Crippen LogP contribution in [0.4, 0.5) is 14.5 Å². The van der Waals surface area contributed by atoms with Crippen molar-refractivity contribution in [3.63, 3.8) is 0 Å². The van der Waals surface area contributed by atoms with E-state index in [1.54, 1.807) is 6.07 Å². The van der Waals surface area contributed by atoms with Crippen molar-refractivity contribution in [1.29, 1.82) is 5.26 Å². The van der Waals surface area contributed by atoms with Crippen LogP contribution in [-0.2, 0) is 0 Å². The lowest BCUT2D eigenvalue weighted by molar-refractivity contribution is 0.145. The third kappa shape index (κ3) is 1.56. The van der Waals surface area contributed by atoms with Crippen LogP contribution in [0.1, 0.15) is 23.2 Å². The number of rotatable bonds is 1. The van der Waals surface area contributed by atoms with Crippen molar-refractivity contribution >= 4 is 5.69 Å². The van der Waals surface area contributed by atoms with Gasteiger partial charge in [-0.1, -0.05) is 0 Å². The van der Waals surface area contributed by atoms with E-state index in [0.29, 0.717) is 0 Å². The molecule has 0 aliphatic carbocycles. The van der Waals surface area contributed by atoms with E-state index in [9.17, 15) is 8.78 Å². The minimum Gasteiger partial charge on any atom is -0.396 e. The summed E-state index contributed by atoms with van der Waals surface area (Å²) in [5.74, 6) is 0. The number of hydrogen-bond donors (Lipinski definition) is 1. The van der Waals surface area contributed by atoms with Crippen LogP contribution >= 0.6 is 0 Å². The minimum absolute atomic E-state index is 0.0744. The zero-order chi connectivity index (χ0) is 10.0. The summed E-state index contributed by atoms with van der Waals surface area (Å²) in [6.45, 7) is 1.41. The highest BCUT2D eigenvalue weighted by molar-refractivity contribution is 5.57. The Bertz CT molecular complexity index is 368. The smallest absolute Gasteiger partial charge is 0.280 e. The molecule has 1 aromatic rings. The van der Waals surface area contributed by atoms with E-state index in [0.717, 1.165) is 6.20 Å². The van der Waals surface area contributed by atoms with E-state index < -0.39 is 6.43 Å². The Morgan fingerprint density at radius 1 is 1.62 bits per heavy atom. The van der Waals surface area contributed by atoms with Crippen molar-refractivity contribution in [2.75, 3.05) is 5.73 Å². The lowest BCUT2D eigenvalue weighted by atomic mass is 10.1. The molecule has 0 amide bonds. The van der Waals surface area contributed by atoms with Gasteiger partial charge in [-0.25, -0.2) is 8.78 Å². The first-order chi connectivity index (χ1) is 6.07. The molecule has 0 fully saturated rings. The van der Waals surface area contributed by atoms with Crippen molar-refractivity contribution in [3.8, 4) is 6.07 Å². The maximum absolute atomic E-state index is 12.3. The van der Waals surface area contributed by atoms with Crippen molar-refractivity contribution in [3.05, 3.63) is 23.0 Å². The molecule has 0 spiro atoms. The predicted octanol–water partition coefficient (Wildman–Crippen LogP) is 1.78. The summed E-state index contributed by atoms with van der Waals surface area (Å²) < 4.78 is 24.5. The van der Waals surface area contributed by atoms with Gasteiger partial charge >= 0.3 is 0 Å². The van der Waals surface area contributed by atoms with E-state index >= 15 is 0 Å². The fraction of sp³-hybridized carbons (Fsp3) is 0.250. The quantitative estimate of drug-likeness (QED) is 0.721. The first-order valence-corrected chi connectivity index (χ1v) is 3.51. The first-order valence-electron chi connectivity index (χ1n) is 3.51. The van der Waals surface area contributed by atoms with Crippen LogP contribution in [0.3, 0.4) is 0 Å². The molecule has 0 aromatic carbocycles. The predicted molar refractivity (Wildman–Crippen MR) is 43.1 cm³/mol. The number of nitriles is 1. The zero-order valence-electron chi connectivity index (χ0n) is 6.88. The summed E-state index contributed by atoms with van der Waals surface area (Å²) in [5.41, 5.74) is 5.34. The molecule has 1 rings (SSSR count). The third-order valence-electron chi connectivity index (χ3n) is 1.71. The molecule has 2 N–H and O–H groups in total. The molecule has 3 nitrogen and oxygen atoms in total. The maximum Gasteiger partial charge on any atom is 0.280 e. The van der Waals surface area contributed by atoms with Crippen molar-refractivity contribution in [1.82, 2.24) is 4.98 Å². The number of nitrogen functional groups attached to an aromatic ring is 1. The molecule has 5 heteroatoms. The number of halogens is 2. The topological polar surface area (TPSA) is 62.7 Å². The monoisotopic (exact) mass is 183 g/mol. The standard InChI is InChI=1S/C8H7F2N3/c1-4-5(2-11)6(12)3-13-7(4)8(9)10/h3,8H,12H2,1H3. The lowest BCUT2D eigenvalue weighted by Crippen LogP contribution is -2.01. The van der Waals surface area contributed by atoms with Gasteiger partial charge in [-0.2, -0.15) is 5.26 Å². The average molecular weight is 183 g/mol. The molecule has 0 bridgehead atoms. The van der Waals surface area contributed by atoms with Gasteiger partial charge in [0.05, 0.1) is 17.4 Å². The molecule has 0 aliphatic heterocycles. The molecule has 1 aromatic heterocycles. The van der Waals surface area contributed by atoms with Gasteiger partial charge in [0, 0.05) is 0 Å². The van der Waals surface area contributed by atoms with Crippen molar-refractivity contribution in [2.45, 2.75) is 13.3 Å². The minimum atomic E-state index is -2.67. The number of aromatic nitrogens is 1. The number of nitrogens with zero attached hydrogens (tertiary/aromatic N) is 2. The highest BCUT2D eigenvalue weighted by Gasteiger charge is 2.16. The molecule has 0 radical (unpaired) electrons. The molecule has 0 aliphatic rings. The highest BCUT2D eigenvalue weighted by atomic mass is 19.3. The summed E-state index contributed by atoms with van der Waals surface area (Å²) in [4.78, 5) is 3.46. The van der Waals surface area contributed by atoms with Gasteiger partial charge in [0.1, 0.15) is 11.8 Å². The van der Waals surface area contributed by atoms with E-state index in [-0.39, 0.29) is 22.5 Å². The van der Waals surface area contributed by atoms with Crippen LogP contribution in [-0.4, -0.2) is 4.98 Å². The molecular weight excluding hydrogens is 176 g/mol. The fourth-order valence-electron chi connectivity index (χ4n) is 1.01. The summed E-state index contributed by atoms with van der Waals surface area (Å²) >= 11 is 0. The summed E-state index contributed by atoms with van der Waals surface area (Å²) in [6.07, 6.45) is -1.60. The van der Waals surface area contributed by atoms with E-state index in [1.165, 1.54) is 6.92 Å². The van der Waals surface area contributed by atoms with Crippen LogP contribution in [0, 0.1) is 18.3 Å².